The molecule has 2 aromatic carbocycles. The summed E-state index contributed by atoms with van der Waals surface area (Å²) in [6, 6.07) is 16.3. The highest BCUT2D eigenvalue weighted by atomic mass is 35.5. The van der Waals surface area contributed by atoms with Gasteiger partial charge in [-0.1, -0.05) is 35.9 Å². The van der Waals surface area contributed by atoms with Gasteiger partial charge in [0.2, 0.25) is 0 Å². The third kappa shape index (κ3) is 4.74. The van der Waals surface area contributed by atoms with Crippen LogP contribution in [-0.4, -0.2) is 26.7 Å². The van der Waals surface area contributed by atoms with Crippen molar-refractivity contribution in [3.63, 3.8) is 0 Å². The van der Waals surface area contributed by atoms with Crippen LogP contribution in [0.5, 0.6) is 5.75 Å². The maximum Gasteiger partial charge on any atom is 0.331 e. The minimum Gasteiger partial charge on any atom is -0.497 e. The van der Waals surface area contributed by atoms with Gasteiger partial charge in [0, 0.05) is 10.6 Å². The van der Waals surface area contributed by atoms with Crippen LogP contribution in [0.3, 0.4) is 0 Å². The van der Waals surface area contributed by atoms with Gasteiger partial charge in [0.1, 0.15) is 5.75 Å². The fraction of sp³-hybridized carbons (Fsp3) is 0.167. The number of methoxy groups -OCH3 is 1. The molecular formula is C18H18ClN2O4P. The highest BCUT2D eigenvalue weighted by Gasteiger charge is 2.20. The monoisotopic (exact) mass is 392 g/mol. The predicted octanol–water partition coefficient (Wildman–Crippen LogP) is 3.94. The van der Waals surface area contributed by atoms with Gasteiger partial charge in [0.25, 0.3) is 0 Å². The molecule has 1 aromatic heterocycles. The first kappa shape index (κ1) is 18.7. The molecule has 0 saturated carbocycles. The number of benzene rings is 2. The van der Waals surface area contributed by atoms with Crippen molar-refractivity contribution in [2.75, 3.05) is 7.11 Å². The van der Waals surface area contributed by atoms with E-state index < -0.39 is 7.60 Å². The van der Waals surface area contributed by atoms with Crippen LogP contribution in [0.4, 0.5) is 0 Å². The lowest BCUT2D eigenvalue weighted by atomic mass is 10.1. The van der Waals surface area contributed by atoms with Gasteiger partial charge in [0.05, 0.1) is 31.2 Å². The molecule has 0 fully saturated rings. The Morgan fingerprint density at radius 2 is 1.88 bits per heavy atom. The van der Waals surface area contributed by atoms with E-state index >= 15 is 0 Å². The van der Waals surface area contributed by atoms with Gasteiger partial charge < -0.3 is 14.5 Å². The lowest BCUT2D eigenvalue weighted by Gasteiger charge is -2.09. The molecule has 0 unspecified atom stereocenters. The molecule has 2 N–H and O–H groups in total. The van der Waals surface area contributed by atoms with Crippen LogP contribution in [0, 0.1) is 0 Å². The summed E-state index contributed by atoms with van der Waals surface area (Å²) in [7, 11) is -2.63. The molecule has 1 heterocycles. The van der Waals surface area contributed by atoms with E-state index in [2.05, 4.69) is 5.10 Å². The van der Waals surface area contributed by atoms with Gasteiger partial charge in [0.15, 0.2) is 0 Å². The largest absolute Gasteiger partial charge is 0.497 e. The zero-order chi connectivity index (χ0) is 18.7. The molecule has 3 aromatic rings. The van der Waals surface area contributed by atoms with Crippen molar-refractivity contribution >= 4 is 19.2 Å². The fourth-order valence-corrected chi connectivity index (χ4v) is 3.49. The lowest BCUT2D eigenvalue weighted by Crippen LogP contribution is -2.06. The molecule has 0 saturated heterocycles. The van der Waals surface area contributed by atoms with Crippen LogP contribution in [0.15, 0.2) is 54.6 Å². The second kappa shape index (κ2) is 7.64. The third-order valence-electron chi connectivity index (χ3n) is 3.84. The zero-order valence-electron chi connectivity index (χ0n) is 14.0. The first-order chi connectivity index (χ1) is 12.3. The quantitative estimate of drug-likeness (QED) is 0.621. The van der Waals surface area contributed by atoms with E-state index in [1.807, 2.05) is 36.4 Å². The highest BCUT2D eigenvalue weighted by molar-refractivity contribution is 7.50. The summed E-state index contributed by atoms with van der Waals surface area (Å²) in [5, 5.41) is 5.10. The van der Waals surface area contributed by atoms with Crippen molar-refractivity contribution < 1.29 is 19.1 Å². The van der Waals surface area contributed by atoms with E-state index in [1.165, 1.54) is 0 Å². The van der Waals surface area contributed by atoms with Crippen LogP contribution in [-0.2, 0) is 17.3 Å². The summed E-state index contributed by atoms with van der Waals surface area (Å²) in [4.78, 5) is 18.8. The summed E-state index contributed by atoms with van der Waals surface area (Å²) < 4.78 is 18.3. The number of halogens is 1. The Balaban J connectivity index is 1.96. The maximum atomic E-state index is 11.5. The van der Waals surface area contributed by atoms with Gasteiger partial charge in [-0.3, -0.25) is 9.25 Å². The van der Waals surface area contributed by atoms with Crippen molar-refractivity contribution in [2.24, 2.45) is 0 Å². The number of aromatic nitrogens is 2. The van der Waals surface area contributed by atoms with Crippen LogP contribution in [0.1, 0.15) is 11.3 Å². The Morgan fingerprint density at radius 1 is 1.15 bits per heavy atom. The number of ether oxygens (including phenoxy) is 1. The molecule has 6 nitrogen and oxygen atoms in total. The molecule has 136 valence electrons. The predicted molar refractivity (Wildman–Crippen MR) is 101 cm³/mol. The molecule has 0 aliphatic rings. The molecule has 0 radical (unpaired) electrons. The van der Waals surface area contributed by atoms with Crippen molar-refractivity contribution in [1.29, 1.82) is 0 Å². The van der Waals surface area contributed by atoms with Gasteiger partial charge in [-0.2, -0.15) is 5.10 Å². The SMILES string of the molecule is COc1ccc(Cn2nc(-c3cccc(Cl)c3)cc2CP(=O)(O)O)cc1. The highest BCUT2D eigenvalue weighted by Crippen LogP contribution is 2.40. The average molecular weight is 393 g/mol. The number of hydrogen-bond acceptors (Lipinski definition) is 3. The Kier molecular flexibility index (Phi) is 5.49. The van der Waals surface area contributed by atoms with Gasteiger partial charge in [-0.25, -0.2) is 0 Å². The average Bonchev–Trinajstić information content (AvgIpc) is 2.96. The van der Waals surface area contributed by atoms with E-state index in [4.69, 9.17) is 16.3 Å². The number of rotatable bonds is 6. The van der Waals surface area contributed by atoms with E-state index in [9.17, 15) is 14.4 Å². The van der Waals surface area contributed by atoms with Crippen LogP contribution in [0.25, 0.3) is 11.3 Å². The van der Waals surface area contributed by atoms with Gasteiger partial charge in [-0.15, -0.1) is 0 Å². The Bertz CT molecular complexity index is 950. The molecule has 8 heteroatoms. The molecule has 0 spiro atoms. The van der Waals surface area contributed by atoms with E-state index in [0.29, 0.717) is 23.0 Å². The molecule has 3 rings (SSSR count). The summed E-state index contributed by atoms with van der Waals surface area (Å²) >= 11 is 6.04. The van der Waals surface area contributed by atoms with Crippen molar-refractivity contribution in [3.8, 4) is 17.0 Å². The second-order valence-electron chi connectivity index (χ2n) is 5.86. The first-order valence-corrected chi connectivity index (χ1v) is 10.0. The molecule has 0 atom stereocenters. The first-order valence-electron chi connectivity index (χ1n) is 7.84. The molecule has 0 aliphatic carbocycles. The van der Waals surface area contributed by atoms with E-state index in [-0.39, 0.29) is 6.16 Å². The molecule has 0 aliphatic heterocycles. The van der Waals surface area contributed by atoms with Crippen molar-refractivity contribution in [3.05, 3.63) is 70.9 Å². The van der Waals surface area contributed by atoms with E-state index in [0.717, 1.165) is 16.9 Å². The van der Waals surface area contributed by atoms with Crippen molar-refractivity contribution in [1.82, 2.24) is 9.78 Å². The summed E-state index contributed by atoms with van der Waals surface area (Å²) in [5.74, 6) is 0.740. The topological polar surface area (TPSA) is 84.6 Å². The van der Waals surface area contributed by atoms with Crippen LogP contribution >= 0.6 is 19.2 Å². The molecule has 0 bridgehead atoms. The van der Waals surface area contributed by atoms with Gasteiger partial charge >= 0.3 is 7.60 Å². The van der Waals surface area contributed by atoms with Crippen molar-refractivity contribution in [2.45, 2.75) is 12.7 Å². The standard InChI is InChI=1S/C18H18ClN2O4P/c1-25-17-7-5-13(6-8-17)11-21-16(12-26(22,23)24)10-18(20-21)14-3-2-4-15(19)9-14/h2-10H,11-12H2,1H3,(H2,22,23,24). The van der Waals surface area contributed by atoms with Crippen LogP contribution in [0.2, 0.25) is 5.02 Å². The minimum absolute atomic E-state index is 0.378. The Labute approximate surface area is 156 Å². The second-order valence-corrected chi connectivity index (χ2v) is 7.94. The van der Waals surface area contributed by atoms with E-state index in [1.54, 1.807) is 30.0 Å². The Morgan fingerprint density at radius 3 is 2.50 bits per heavy atom. The normalized spacial score (nSPS) is 11.5. The lowest BCUT2D eigenvalue weighted by molar-refractivity contribution is 0.370. The smallest absolute Gasteiger partial charge is 0.331 e. The fourth-order valence-electron chi connectivity index (χ4n) is 2.62. The number of hydrogen-bond donors (Lipinski definition) is 2. The maximum absolute atomic E-state index is 11.5. The molecule has 26 heavy (non-hydrogen) atoms. The Hall–Kier alpha value is -2.11. The van der Waals surface area contributed by atoms with Crippen LogP contribution < -0.4 is 4.74 Å². The summed E-state index contributed by atoms with van der Waals surface area (Å²) in [6.07, 6.45) is -0.378. The number of nitrogens with zero attached hydrogens (tertiary/aromatic N) is 2. The van der Waals surface area contributed by atoms with Gasteiger partial charge in [-0.05, 0) is 35.9 Å². The molecule has 0 amide bonds. The third-order valence-corrected chi connectivity index (χ3v) is 4.81. The molecular weight excluding hydrogens is 375 g/mol. The summed E-state index contributed by atoms with van der Waals surface area (Å²) in [5.41, 5.74) is 2.81. The summed E-state index contributed by atoms with van der Waals surface area (Å²) in [6.45, 7) is 0.389. The zero-order valence-corrected chi connectivity index (χ0v) is 15.7. The minimum atomic E-state index is -4.23.